The Morgan fingerprint density at radius 2 is 1.80 bits per heavy atom. The van der Waals surface area contributed by atoms with E-state index in [1.165, 1.54) is 5.56 Å². The van der Waals surface area contributed by atoms with Crippen LogP contribution in [0.15, 0.2) is 30.3 Å². The monoisotopic (exact) mass is 407 g/mol. The highest BCUT2D eigenvalue weighted by Gasteiger charge is 2.21. The van der Waals surface area contributed by atoms with Crippen LogP contribution in [0.25, 0.3) is 16.7 Å². The molecule has 30 heavy (non-hydrogen) atoms. The lowest BCUT2D eigenvalue weighted by Gasteiger charge is -2.32. The van der Waals surface area contributed by atoms with Crippen LogP contribution in [0, 0.1) is 13.8 Å². The number of amides is 1. The molecule has 1 saturated heterocycles. The van der Waals surface area contributed by atoms with Crippen LogP contribution in [0.3, 0.4) is 0 Å². The molecule has 3 aromatic rings. The third kappa shape index (κ3) is 4.03. The number of nitrogens with zero attached hydrogens (tertiary/aromatic N) is 5. The summed E-state index contributed by atoms with van der Waals surface area (Å²) in [7, 11) is 2.07. The fourth-order valence-electron chi connectivity index (χ4n) is 3.85. The molecule has 1 amide bonds. The minimum Gasteiger partial charge on any atom is -0.467 e. The molecule has 1 fully saturated rings. The molecule has 7 heteroatoms. The van der Waals surface area contributed by atoms with Gasteiger partial charge in [-0.05, 0) is 45.0 Å². The Balaban J connectivity index is 1.62. The number of rotatable bonds is 5. The number of benzene rings is 1. The number of hydrogen-bond acceptors (Lipinski definition) is 5. The maximum atomic E-state index is 12.6. The van der Waals surface area contributed by atoms with Gasteiger partial charge in [0.15, 0.2) is 12.3 Å². The summed E-state index contributed by atoms with van der Waals surface area (Å²) in [5, 5.41) is 5.79. The van der Waals surface area contributed by atoms with Crippen LogP contribution in [-0.2, 0) is 11.2 Å². The van der Waals surface area contributed by atoms with Crippen molar-refractivity contribution in [2.24, 2.45) is 0 Å². The number of piperazine rings is 1. The van der Waals surface area contributed by atoms with Crippen molar-refractivity contribution in [2.45, 2.75) is 27.2 Å². The van der Waals surface area contributed by atoms with Gasteiger partial charge in [-0.2, -0.15) is 10.1 Å². The maximum Gasteiger partial charge on any atom is 0.260 e. The second kappa shape index (κ2) is 8.44. The molecule has 0 atom stereocenters. The van der Waals surface area contributed by atoms with Crippen LogP contribution < -0.4 is 4.74 Å². The highest BCUT2D eigenvalue weighted by Crippen LogP contribution is 2.27. The minimum absolute atomic E-state index is 0.00300. The number of fused-ring (bicyclic) bond motifs is 1. The predicted molar refractivity (Wildman–Crippen MR) is 117 cm³/mol. The Morgan fingerprint density at radius 3 is 2.47 bits per heavy atom. The van der Waals surface area contributed by atoms with Gasteiger partial charge in [-0.25, -0.2) is 4.68 Å². The Morgan fingerprint density at radius 1 is 1.10 bits per heavy atom. The smallest absolute Gasteiger partial charge is 0.260 e. The number of carbonyl (C=O) groups is 1. The van der Waals surface area contributed by atoms with Gasteiger partial charge in [0.05, 0.1) is 11.4 Å². The maximum absolute atomic E-state index is 12.6. The first-order chi connectivity index (χ1) is 14.5. The number of hydrogen-bond donors (Lipinski definition) is 0. The van der Waals surface area contributed by atoms with Gasteiger partial charge < -0.3 is 14.5 Å². The third-order valence-electron chi connectivity index (χ3n) is 5.73. The SMILES string of the molecule is CCc1cc(OCC(=O)N2CCN(C)CC2)nc2c1c(C)nn2-c1ccc(C)cc1. The number of ether oxygens (including phenoxy) is 1. The summed E-state index contributed by atoms with van der Waals surface area (Å²) < 4.78 is 7.72. The highest BCUT2D eigenvalue weighted by atomic mass is 16.5. The fraction of sp³-hybridized carbons (Fsp3) is 0.435. The summed E-state index contributed by atoms with van der Waals surface area (Å²) in [4.78, 5) is 21.4. The molecule has 158 valence electrons. The average molecular weight is 408 g/mol. The molecule has 0 bridgehead atoms. The molecule has 0 unspecified atom stereocenters. The molecule has 0 radical (unpaired) electrons. The lowest BCUT2D eigenvalue weighted by Crippen LogP contribution is -2.48. The number of pyridine rings is 1. The van der Waals surface area contributed by atoms with E-state index in [2.05, 4.69) is 37.9 Å². The summed E-state index contributed by atoms with van der Waals surface area (Å²) >= 11 is 0. The first-order valence-corrected chi connectivity index (χ1v) is 10.5. The first-order valence-electron chi connectivity index (χ1n) is 10.5. The molecule has 0 saturated carbocycles. The summed E-state index contributed by atoms with van der Waals surface area (Å²) in [6.45, 7) is 9.45. The van der Waals surface area contributed by atoms with Gasteiger partial charge >= 0.3 is 0 Å². The van der Waals surface area contributed by atoms with Gasteiger partial charge in [-0.3, -0.25) is 4.79 Å². The van der Waals surface area contributed by atoms with Crippen molar-refractivity contribution in [3.63, 3.8) is 0 Å². The Kier molecular flexibility index (Phi) is 5.72. The zero-order valence-corrected chi connectivity index (χ0v) is 18.2. The zero-order chi connectivity index (χ0) is 21.3. The standard InChI is InChI=1S/C23H29N5O2/c1-5-18-14-20(30-15-21(29)27-12-10-26(4)11-13-27)24-23-22(18)17(3)25-28(23)19-8-6-16(2)7-9-19/h6-9,14H,5,10-13,15H2,1-4H3. The minimum atomic E-state index is 0.00300. The molecule has 0 N–H and O–H groups in total. The number of aryl methyl sites for hydroxylation is 3. The second-order valence-electron chi connectivity index (χ2n) is 7.98. The van der Waals surface area contributed by atoms with Gasteiger partial charge in [-0.15, -0.1) is 0 Å². The Labute approximate surface area is 177 Å². The highest BCUT2D eigenvalue weighted by molar-refractivity contribution is 5.84. The van der Waals surface area contributed by atoms with E-state index in [0.717, 1.165) is 60.6 Å². The normalized spacial score (nSPS) is 15.0. The summed E-state index contributed by atoms with van der Waals surface area (Å²) in [6.07, 6.45) is 0.836. The van der Waals surface area contributed by atoms with Crippen molar-refractivity contribution in [3.05, 3.63) is 47.2 Å². The molecule has 4 rings (SSSR count). The lowest BCUT2D eigenvalue weighted by molar-refractivity contribution is -0.135. The lowest BCUT2D eigenvalue weighted by atomic mass is 10.1. The summed E-state index contributed by atoms with van der Waals surface area (Å²) in [5.74, 6) is 0.473. The predicted octanol–water partition coefficient (Wildman–Crippen LogP) is 2.75. The van der Waals surface area contributed by atoms with Crippen molar-refractivity contribution in [1.82, 2.24) is 24.6 Å². The van der Waals surface area contributed by atoms with Crippen molar-refractivity contribution < 1.29 is 9.53 Å². The number of carbonyl (C=O) groups excluding carboxylic acids is 1. The largest absolute Gasteiger partial charge is 0.467 e. The van der Waals surface area contributed by atoms with E-state index < -0.39 is 0 Å². The topological polar surface area (TPSA) is 63.5 Å². The van der Waals surface area contributed by atoms with Gasteiger partial charge in [0, 0.05) is 37.6 Å². The molecule has 7 nitrogen and oxygen atoms in total. The molecule has 1 aliphatic heterocycles. The third-order valence-corrected chi connectivity index (χ3v) is 5.73. The Bertz CT molecular complexity index is 1050. The zero-order valence-electron chi connectivity index (χ0n) is 18.2. The molecule has 3 heterocycles. The van der Waals surface area contributed by atoms with Crippen molar-refractivity contribution in [3.8, 4) is 11.6 Å². The van der Waals surface area contributed by atoms with E-state index in [9.17, 15) is 4.79 Å². The number of likely N-dealkylation sites (N-methyl/N-ethyl adjacent to an activating group) is 1. The van der Waals surface area contributed by atoms with Crippen LogP contribution in [0.4, 0.5) is 0 Å². The van der Waals surface area contributed by atoms with E-state index in [-0.39, 0.29) is 12.5 Å². The Hall–Kier alpha value is -2.93. The molecule has 1 aliphatic rings. The van der Waals surface area contributed by atoms with Gasteiger partial charge in [0.2, 0.25) is 5.88 Å². The van der Waals surface area contributed by atoms with Crippen LogP contribution in [0.5, 0.6) is 5.88 Å². The van der Waals surface area contributed by atoms with Crippen LogP contribution in [0.2, 0.25) is 0 Å². The van der Waals surface area contributed by atoms with E-state index >= 15 is 0 Å². The van der Waals surface area contributed by atoms with Crippen LogP contribution in [0.1, 0.15) is 23.7 Å². The number of aromatic nitrogens is 3. The van der Waals surface area contributed by atoms with Crippen LogP contribution >= 0.6 is 0 Å². The first kappa shape index (κ1) is 20.3. The molecule has 0 aliphatic carbocycles. The van der Waals surface area contributed by atoms with Crippen molar-refractivity contribution in [2.75, 3.05) is 39.8 Å². The van der Waals surface area contributed by atoms with E-state index in [4.69, 9.17) is 14.8 Å². The summed E-state index contributed by atoms with van der Waals surface area (Å²) in [5.41, 5.74) is 4.98. The van der Waals surface area contributed by atoms with Crippen molar-refractivity contribution in [1.29, 1.82) is 0 Å². The summed E-state index contributed by atoms with van der Waals surface area (Å²) in [6, 6.07) is 10.1. The molecule has 1 aromatic carbocycles. The van der Waals surface area contributed by atoms with Gasteiger partial charge in [-0.1, -0.05) is 24.6 Å². The molecule has 2 aromatic heterocycles. The molecular formula is C23H29N5O2. The molecular weight excluding hydrogens is 378 g/mol. The van der Waals surface area contributed by atoms with Gasteiger partial charge in [0.1, 0.15) is 0 Å². The van der Waals surface area contributed by atoms with E-state index in [1.54, 1.807) is 0 Å². The second-order valence-corrected chi connectivity index (χ2v) is 7.98. The van der Waals surface area contributed by atoms with E-state index in [0.29, 0.717) is 5.88 Å². The quantitative estimate of drug-likeness (QED) is 0.651. The van der Waals surface area contributed by atoms with E-state index in [1.807, 2.05) is 34.7 Å². The van der Waals surface area contributed by atoms with Gasteiger partial charge in [0.25, 0.3) is 5.91 Å². The molecule has 0 spiro atoms. The fourth-order valence-corrected chi connectivity index (χ4v) is 3.85. The van der Waals surface area contributed by atoms with Crippen molar-refractivity contribution >= 4 is 16.9 Å². The van der Waals surface area contributed by atoms with Crippen LogP contribution in [-0.4, -0.2) is 70.3 Å². The average Bonchev–Trinajstić information content (AvgIpc) is 3.09.